The van der Waals surface area contributed by atoms with Crippen LogP contribution in [0.4, 0.5) is 0 Å². The van der Waals surface area contributed by atoms with E-state index in [0.29, 0.717) is 28.8 Å². The largest absolute Gasteiger partial charge is 0.497 e. The van der Waals surface area contributed by atoms with Crippen LogP contribution < -0.4 is 14.8 Å². The smallest absolute Gasteiger partial charge is 0.261 e. The third-order valence-electron chi connectivity index (χ3n) is 7.83. The molecule has 6 rings (SSSR count). The Kier molecular flexibility index (Phi) is 10.3. The van der Waals surface area contributed by atoms with E-state index < -0.39 is 0 Å². The minimum atomic E-state index is -0.273. The monoisotopic (exact) mass is 666 g/mol. The number of hydrazone groups is 1. The molecule has 10 nitrogen and oxygen atoms in total. The summed E-state index contributed by atoms with van der Waals surface area (Å²) in [7, 11) is 3.26. The highest BCUT2D eigenvalue weighted by Crippen LogP contribution is 2.35. The van der Waals surface area contributed by atoms with E-state index in [4.69, 9.17) is 14.6 Å². The number of nitrogens with one attached hydrogen (secondary N) is 1. The van der Waals surface area contributed by atoms with Crippen molar-refractivity contribution < 1.29 is 19.1 Å². The first-order chi connectivity index (χ1) is 23.0. The fourth-order valence-corrected chi connectivity index (χ4v) is 6.77. The Morgan fingerprint density at radius 3 is 2.32 bits per heavy atom. The number of carbonyl (C=O) groups excluding carboxylic acids is 2. The lowest BCUT2D eigenvalue weighted by Crippen LogP contribution is -2.28. The van der Waals surface area contributed by atoms with E-state index in [-0.39, 0.29) is 30.2 Å². The Morgan fingerprint density at radius 2 is 1.64 bits per heavy atom. The zero-order valence-electron chi connectivity index (χ0n) is 26.0. The highest BCUT2D eigenvalue weighted by molar-refractivity contribution is 7.99. The van der Waals surface area contributed by atoms with Crippen molar-refractivity contribution in [1.29, 1.82) is 0 Å². The molecule has 1 aliphatic heterocycles. The number of ether oxygens (including phenoxy) is 2. The summed E-state index contributed by atoms with van der Waals surface area (Å²) in [6.45, 7) is 0.809. The molecule has 0 unspecified atom stereocenters. The Morgan fingerprint density at radius 1 is 0.915 bits per heavy atom. The van der Waals surface area contributed by atoms with Gasteiger partial charge in [0.1, 0.15) is 11.5 Å². The zero-order chi connectivity index (χ0) is 32.6. The lowest BCUT2D eigenvalue weighted by molar-refractivity contribution is -0.130. The zero-order valence-corrected chi connectivity index (χ0v) is 27.7. The van der Waals surface area contributed by atoms with Crippen LogP contribution in [-0.4, -0.2) is 57.3 Å². The van der Waals surface area contributed by atoms with Crippen LogP contribution in [0.5, 0.6) is 11.5 Å². The number of methoxy groups -OCH3 is 2. The molecule has 0 fully saturated rings. The number of hydrogen-bond donors (Lipinski definition) is 1. The third kappa shape index (κ3) is 7.72. The second kappa shape index (κ2) is 15.1. The molecule has 2 amide bonds. The van der Waals surface area contributed by atoms with Crippen LogP contribution in [0.1, 0.15) is 44.6 Å². The summed E-state index contributed by atoms with van der Waals surface area (Å²) in [5, 5.41) is 20.7. The molecule has 0 aliphatic carbocycles. The number of benzene rings is 3. The van der Waals surface area contributed by atoms with Crippen LogP contribution in [0, 0.1) is 0 Å². The molecule has 1 aliphatic rings. The SMILES string of the molecule is COc1ccc(C2=NN(C(=O)CSc3nnc(CNC(=O)c4cccs4)n3CCc3ccccc3)[C@@H](c3ccc(OC)cc3)C2)cc1. The quantitative estimate of drug-likeness (QED) is 0.154. The predicted octanol–water partition coefficient (Wildman–Crippen LogP) is 6.00. The molecule has 0 saturated carbocycles. The fourth-order valence-electron chi connectivity index (χ4n) is 5.30. The van der Waals surface area contributed by atoms with Crippen LogP contribution in [-0.2, 0) is 24.3 Å². The van der Waals surface area contributed by atoms with Crippen LogP contribution in [0.25, 0.3) is 0 Å². The van der Waals surface area contributed by atoms with E-state index in [1.165, 1.54) is 28.7 Å². The number of thioether (sulfide) groups is 1. The maximum atomic E-state index is 13.9. The molecule has 0 saturated heterocycles. The molecule has 5 aromatic rings. The summed E-state index contributed by atoms with van der Waals surface area (Å²) < 4.78 is 12.7. The number of aryl methyl sites for hydroxylation is 1. The van der Waals surface area contributed by atoms with Gasteiger partial charge in [0, 0.05) is 13.0 Å². The van der Waals surface area contributed by atoms with Gasteiger partial charge in [-0.05, 0) is 71.0 Å². The summed E-state index contributed by atoms with van der Waals surface area (Å²) in [5.74, 6) is 1.92. The topological polar surface area (TPSA) is 111 Å². The number of nitrogens with zero attached hydrogens (tertiary/aromatic N) is 5. The Bertz CT molecular complexity index is 1820. The van der Waals surface area contributed by atoms with Gasteiger partial charge >= 0.3 is 0 Å². The van der Waals surface area contributed by atoms with Gasteiger partial charge in [0.05, 0.1) is 43.1 Å². The van der Waals surface area contributed by atoms with Crippen molar-refractivity contribution in [3.05, 3.63) is 124 Å². The van der Waals surface area contributed by atoms with Gasteiger partial charge in [-0.3, -0.25) is 9.59 Å². The molecule has 0 radical (unpaired) electrons. The van der Waals surface area contributed by atoms with E-state index in [1.54, 1.807) is 25.3 Å². The van der Waals surface area contributed by atoms with Gasteiger partial charge in [-0.1, -0.05) is 60.3 Å². The van der Waals surface area contributed by atoms with Gasteiger partial charge in [-0.15, -0.1) is 21.5 Å². The maximum Gasteiger partial charge on any atom is 0.261 e. The highest BCUT2D eigenvalue weighted by atomic mass is 32.2. The number of aromatic nitrogens is 3. The second-order valence-electron chi connectivity index (χ2n) is 10.7. The molecule has 3 heterocycles. The summed E-state index contributed by atoms with van der Waals surface area (Å²) in [6.07, 6.45) is 1.31. The van der Waals surface area contributed by atoms with Crippen LogP contribution >= 0.6 is 23.1 Å². The molecule has 3 aromatic carbocycles. The Hall–Kier alpha value is -4.94. The molecular weight excluding hydrogens is 633 g/mol. The van der Waals surface area contributed by atoms with Gasteiger partial charge in [0.25, 0.3) is 11.8 Å². The number of amides is 2. The lowest BCUT2D eigenvalue weighted by Gasteiger charge is -2.22. The van der Waals surface area contributed by atoms with Gasteiger partial charge < -0.3 is 19.4 Å². The summed E-state index contributed by atoms with van der Waals surface area (Å²) >= 11 is 2.70. The number of rotatable bonds is 13. The molecule has 1 N–H and O–H groups in total. The molecule has 0 spiro atoms. The number of hydrogen-bond acceptors (Lipinski definition) is 9. The highest BCUT2D eigenvalue weighted by Gasteiger charge is 2.33. The molecule has 240 valence electrons. The first kappa shape index (κ1) is 32.0. The van der Waals surface area contributed by atoms with Crippen LogP contribution in [0.3, 0.4) is 0 Å². The van der Waals surface area contributed by atoms with E-state index in [2.05, 4.69) is 27.6 Å². The van der Waals surface area contributed by atoms with Crippen molar-refractivity contribution in [3.8, 4) is 11.5 Å². The van der Waals surface area contributed by atoms with E-state index in [0.717, 1.165) is 34.8 Å². The average Bonchev–Trinajstić information content (AvgIpc) is 3.90. The molecule has 2 aromatic heterocycles. The van der Waals surface area contributed by atoms with Gasteiger partial charge in [-0.25, -0.2) is 5.01 Å². The van der Waals surface area contributed by atoms with Crippen molar-refractivity contribution in [2.75, 3.05) is 20.0 Å². The first-order valence-electron chi connectivity index (χ1n) is 15.1. The summed E-state index contributed by atoms with van der Waals surface area (Å²) in [6, 6.07) is 28.9. The van der Waals surface area contributed by atoms with Crippen molar-refractivity contribution in [3.63, 3.8) is 0 Å². The van der Waals surface area contributed by atoms with E-state index in [1.807, 2.05) is 82.7 Å². The third-order valence-corrected chi connectivity index (χ3v) is 9.65. The average molecular weight is 667 g/mol. The van der Waals surface area contributed by atoms with Crippen molar-refractivity contribution in [2.24, 2.45) is 5.10 Å². The Balaban J connectivity index is 1.21. The molecule has 1 atom stereocenters. The van der Waals surface area contributed by atoms with Crippen LogP contribution in [0.15, 0.2) is 107 Å². The minimum Gasteiger partial charge on any atom is -0.497 e. The van der Waals surface area contributed by atoms with Crippen molar-refractivity contribution in [1.82, 2.24) is 25.1 Å². The van der Waals surface area contributed by atoms with Gasteiger partial charge in [-0.2, -0.15) is 5.10 Å². The first-order valence-corrected chi connectivity index (χ1v) is 17.0. The van der Waals surface area contributed by atoms with Gasteiger partial charge in [0.15, 0.2) is 11.0 Å². The Labute approximate surface area is 281 Å². The van der Waals surface area contributed by atoms with E-state index in [9.17, 15) is 9.59 Å². The molecule has 12 heteroatoms. The lowest BCUT2D eigenvalue weighted by atomic mass is 9.98. The molecule has 47 heavy (non-hydrogen) atoms. The van der Waals surface area contributed by atoms with Crippen molar-refractivity contribution >= 4 is 40.6 Å². The van der Waals surface area contributed by atoms with Crippen molar-refractivity contribution in [2.45, 2.75) is 37.1 Å². The van der Waals surface area contributed by atoms with Gasteiger partial charge in [0.2, 0.25) is 0 Å². The van der Waals surface area contributed by atoms with Crippen LogP contribution in [0.2, 0.25) is 0 Å². The predicted molar refractivity (Wildman–Crippen MR) is 183 cm³/mol. The number of carbonyl (C=O) groups is 2. The summed E-state index contributed by atoms with van der Waals surface area (Å²) in [5.41, 5.74) is 3.89. The summed E-state index contributed by atoms with van der Waals surface area (Å²) in [4.78, 5) is 27.2. The van der Waals surface area contributed by atoms with E-state index >= 15 is 0 Å². The fraction of sp³-hybridized carbons (Fsp3) is 0.229. The second-order valence-corrected chi connectivity index (χ2v) is 12.6. The standard InChI is InChI=1S/C35H34N6O4S2/c1-44-27-14-10-25(11-15-27)29-21-30(26-12-16-28(45-2)17-13-26)41(39-29)33(42)23-47-35-38-37-32(22-36-34(43)31-9-6-20-46-31)40(35)19-18-24-7-4-3-5-8-24/h3-17,20,30H,18-19,21-23H2,1-2H3,(H,36,43)/t30-/m1/s1. The molecular formula is C35H34N6O4S2. The number of thiophene rings is 1. The maximum absolute atomic E-state index is 13.9. The molecule has 0 bridgehead atoms. The normalized spacial score (nSPS) is 14.1. The minimum absolute atomic E-state index is 0.108.